The van der Waals surface area contributed by atoms with Crippen molar-refractivity contribution >= 4 is 29.2 Å². The van der Waals surface area contributed by atoms with E-state index in [0.717, 1.165) is 17.7 Å². The van der Waals surface area contributed by atoms with Crippen LogP contribution in [-0.4, -0.2) is 23.0 Å². The second-order valence-corrected chi connectivity index (χ2v) is 6.59. The van der Waals surface area contributed by atoms with E-state index in [1.54, 1.807) is 24.3 Å². The molecule has 1 aliphatic rings. The Morgan fingerprint density at radius 2 is 2.08 bits per heavy atom. The van der Waals surface area contributed by atoms with Crippen molar-refractivity contribution in [2.24, 2.45) is 5.73 Å². The van der Waals surface area contributed by atoms with Gasteiger partial charge < -0.3 is 16.2 Å². The Bertz CT molecular complexity index is 950. The first kappa shape index (κ1) is 17.8. The summed E-state index contributed by atoms with van der Waals surface area (Å²) in [5.41, 5.74) is 8.25. The predicted molar refractivity (Wildman–Crippen MR) is 97.5 cm³/mol. The normalized spacial score (nSPS) is 15.6. The number of nitrogens with zero attached hydrogens (tertiary/aromatic N) is 1. The minimum absolute atomic E-state index is 0.00588. The van der Waals surface area contributed by atoms with Crippen molar-refractivity contribution in [3.63, 3.8) is 0 Å². The average molecular weight is 370 g/mol. The third-order valence-corrected chi connectivity index (χ3v) is 4.87. The smallest absolute Gasteiger partial charge is 0.336 e. The van der Waals surface area contributed by atoms with E-state index < -0.39 is 11.9 Å². The molecule has 0 fully saturated rings. The van der Waals surface area contributed by atoms with Gasteiger partial charge in [-0.25, -0.2) is 4.79 Å². The van der Waals surface area contributed by atoms with Crippen LogP contribution in [0.1, 0.15) is 43.8 Å². The molecule has 1 atom stereocenters. The van der Waals surface area contributed by atoms with Gasteiger partial charge in [0.1, 0.15) is 6.07 Å². The zero-order valence-electron chi connectivity index (χ0n) is 13.8. The van der Waals surface area contributed by atoms with Gasteiger partial charge >= 0.3 is 5.97 Å². The molecule has 1 unspecified atom stereocenters. The number of anilines is 1. The van der Waals surface area contributed by atoms with Crippen LogP contribution in [0.15, 0.2) is 30.3 Å². The quantitative estimate of drug-likeness (QED) is 0.766. The van der Waals surface area contributed by atoms with Crippen LogP contribution in [0.5, 0.6) is 0 Å². The molecule has 132 valence electrons. The number of nitriles is 1. The van der Waals surface area contributed by atoms with Crippen molar-refractivity contribution in [3.05, 3.63) is 63.2 Å². The molecule has 0 aromatic heterocycles. The monoisotopic (exact) mass is 369 g/mol. The van der Waals surface area contributed by atoms with Gasteiger partial charge in [-0.15, -0.1) is 0 Å². The molecular formula is C19H16ClN3O3. The molecule has 1 amide bonds. The SMILES string of the molecule is N#Cc1ccc(NC2CCc3ccc(C(=O)O)c(C(N)=O)c3C2)cc1Cl. The zero-order chi connectivity index (χ0) is 18.8. The molecule has 2 aromatic rings. The number of aryl methyl sites for hydroxylation is 1. The summed E-state index contributed by atoms with van der Waals surface area (Å²) >= 11 is 6.06. The van der Waals surface area contributed by atoms with Gasteiger partial charge in [0.15, 0.2) is 0 Å². The molecule has 7 heteroatoms. The van der Waals surface area contributed by atoms with Crippen molar-refractivity contribution in [3.8, 4) is 6.07 Å². The van der Waals surface area contributed by atoms with Crippen molar-refractivity contribution in [1.82, 2.24) is 0 Å². The molecule has 6 nitrogen and oxygen atoms in total. The first-order valence-corrected chi connectivity index (χ1v) is 8.42. The molecular weight excluding hydrogens is 354 g/mol. The minimum Gasteiger partial charge on any atom is -0.478 e. The number of amides is 1. The zero-order valence-corrected chi connectivity index (χ0v) is 14.5. The van der Waals surface area contributed by atoms with E-state index in [4.69, 9.17) is 22.6 Å². The number of hydrogen-bond acceptors (Lipinski definition) is 4. The number of nitrogens with one attached hydrogen (secondary N) is 1. The average Bonchev–Trinajstić information content (AvgIpc) is 2.60. The molecule has 4 N–H and O–H groups in total. The maximum atomic E-state index is 11.9. The summed E-state index contributed by atoms with van der Waals surface area (Å²) in [7, 11) is 0. The van der Waals surface area contributed by atoms with Gasteiger partial charge in [-0.2, -0.15) is 5.26 Å². The molecule has 0 saturated heterocycles. The number of hydrogen-bond donors (Lipinski definition) is 3. The van der Waals surface area contributed by atoms with Gasteiger partial charge in [0.05, 0.1) is 21.7 Å². The minimum atomic E-state index is -1.17. The van der Waals surface area contributed by atoms with Gasteiger partial charge in [-0.1, -0.05) is 17.7 Å². The lowest BCUT2D eigenvalue weighted by Gasteiger charge is -2.28. The van der Waals surface area contributed by atoms with Crippen LogP contribution in [0.4, 0.5) is 5.69 Å². The number of carbonyl (C=O) groups excluding carboxylic acids is 1. The third-order valence-electron chi connectivity index (χ3n) is 4.56. The van der Waals surface area contributed by atoms with E-state index in [2.05, 4.69) is 5.32 Å². The van der Waals surface area contributed by atoms with Crippen molar-refractivity contribution in [2.75, 3.05) is 5.32 Å². The molecule has 0 saturated carbocycles. The molecule has 0 heterocycles. The first-order valence-electron chi connectivity index (χ1n) is 8.04. The molecule has 2 aromatic carbocycles. The number of halogens is 1. The van der Waals surface area contributed by atoms with Gasteiger partial charge in [-0.3, -0.25) is 4.79 Å². The second-order valence-electron chi connectivity index (χ2n) is 6.19. The van der Waals surface area contributed by atoms with Crippen LogP contribution in [0.3, 0.4) is 0 Å². The molecule has 0 radical (unpaired) electrons. The molecule has 0 bridgehead atoms. The Kier molecular flexibility index (Phi) is 4.83. The van der Waals surface area contributed by atoms with Gasteiger partial charge in [0.25, 0.3) is 0 Å². The van der Waals surface area contributed by atoms with Crippen LogP contribution >= 0.6 is 11.6 Å². The Morgan fingerprint density at radius 3 is 2.69 bits per heavy atom. The summed E-state index contributed by atoms with van der Waals surface area (Å²) in [5.74, 6) is -1.91. The van der Waals surface area contributed by atoms with E-state index in [1.807, 2.05) is 6.07 Å². The Labute approximate surface area is 155 Å². The van der Waals surface area contributed by atoms with E-state index in [-0.39, 0.29) is 17.2 Å². The lowest BCUT2D eigenvalue weighted by atomic mass is 9.83. The fourth-order valence-electron chi connectivity index (χ4n) is 3.35. The maximum absolute atomic E-state index is 11.9. The van der Waals surface area contributed by atoms with E-state index in [1.165, 1.54) is 6.07 Å². The van der Waals surface area contributed by atoms with Gasteiger partial charge in [0, 0.05) is 11.7 Å². The fraction of sp³-hybridized carbons (Fsp3) is 0.211. The Hall–Kier alpha value is -3.04. The second kappa shape index (κ2) is 7.06. The van der Waals surface area contributed by atoms with E-state index in [0.29, 0.717) is 29.0 Å². The van der Waals surface area contributed by atoms with Gasteiger partial charge in [0.2, 0.25) is 5.91 Å². The number of primary amides is 1. The summed E-state index contributed by atoms with van der Waals surface area (Å²) in [6.45, 7) is 0. The van der Waals surface area contributed by atoms with Crippen molar-refractivity contribution < 1.29 is 14.7 Å². The molecule has 0 spiro atoms. The van der Waals surface area contributed by atoms with Crippen LogP contribution in [-0.2, 0) is 12.8 Å². The summed E-state index contributed by atoms with van der Waals surface area (Å²) < 4.78 is 0. The van der Waals surface area contributed by atoms with Crippen molar-refractivity contribution in [2.45, 2.75) is 25.3 Å². The lowest BCUT2D eigenvalue weighted by Crippen LogP contribution is -2.30. The number of carboxylic acid groups (broad SMARTS) is 1. The Balaban J connectivity index is 1.90. The molecule has 0 aliphatic heterocycles. The highest BCUT2D eigenvalue weighted by molar-refractivity contribution is 6.32. The largest absolute Gasteiger partial charge is 0.478 e. The van der Waals surface area contributed by atoms with Crippen LogP contribution < -0.4 is 11.1 Å². The number of fused-ring (bicyclic) bond motifs is 1. The molecule has 1 aliphatic carbocycles. The number of rotatable bonds is 4. The number of carboxylic acids is 1. The van der Waals surface area contributed by atoms with Crippen molar-refractivity contribution in [1.29, 1.82) is 5.26 Å². The lowest BCUT2D eigenvalue weighted by molar-refractivity contribution is 0.0691. The summed E-state index contributed by atoms with van der Waals surface area (Å²) in [6, 6.07) is 10.3. The number of nitrogens with two attached hydrogens (primary N) is 1. The summed E-state index contributed by atoms with van der Waals surface area (Å²) in [5, 5.41) is 22.0. The highest BCUT2D eigenvalue weighted by Gasteiger charge is 2.27. The fourth-order valence-corrected chi connectivity index (χ4v) is 3.57. The predicted octanol–water partition coefficient (Wildman–Crippen LogP) is 2.98. The van der Waals surface area contributed by atoms with Gasteiger partial charge in [-0.05, 0) is 54.7 Å². The molecule has 26 heavy (non-hydrogen) atoms. The number of benzene rings is 2. The standard InChI is InChI=1S/C19H16ClN3O3/c20-16-8-13(5-2-11(16)9-21)23-12-4-1-10-3-6-14(19(25)26)17(18(22)24)15(10)7-12/h2-3,5-6,8,12,23H,1,4,7H2,(H2,22,24)(H,25,26). The number of aromatic carboxylic acids is 1. The Morgan fingerprint density at radius 1 is 1.31 bits per heavy atom. The van der Waals surface area contributed by atoms with Crippen LogP contribution in [0.2, 0.25) is 5.02 Å². The van der Waals surface area contributed by atoms with Crippen LogP contribution in [0.25, 0.3) is 0 Å². The topological polar surface area (TPSA) is 116 Å². The highest BCUT2D eigenvalue weighted by Crippen LogP contribution is 2.29. The van der Waals surface area contributed by atoms with E-state index >= 15 is 0 Å². The maximum Gasteiger partial charge on any atom is 0.336 e. The molecule has 3 rings (SSSR count). The third kappa shape index (κ3) is 3.35. The first-order chi connectivity index (χ1) is 12.4. The van der Waals surface area contributed by atoms with E-state index in [9.17, 15) is 14.7 Å². The summed E-state index contributed by atoms with van der Waals surface area (Å²) in [6.07, 6.45) is 2.00. The number of carbonyl (C=O) groups is 2. The van der Waals surface area contributed by atoms with Crippen LogP contribution in [0, 0.1) is 11.3 Å². The highest BCUT2D eigenvalue weighted by atomic mass is 35.5. The summed E-state index contributed by atoms with van der Waals surface area (Å²) in [4.78, 5) is 23.3.